The number of aromatic nitrogens is 1. The third kappa shape index (κ3) is 3.38. The van der Waals surface area contributed by atoms with E-state index in [9.17, 15) is 9.18 Å². The lowest BCUT2D eigenvalue weighted by atomic mass is 9.89. The molecule has 0 saturated heterocycles. The van der Waals surface area contributed by atoms with Gasteiger partial charge in [-0.3, -0.25) is 9.79 Å². The summed E-state index contributed by atoms with van der Waals surface area (Å²) in [6, 6.07) is 12.1. The van der Waals surface area contributed by atoms with Crippen LogP contribution >= 0.6 is 11.8 Å². The Morgan fingerprint density at radius 2 is 2.11 bits per heavy atom. The monoisotopic (exact) mass is 396 g/mol. The number of aliphatic imine (C=N–C) groups is 1. The third-order valence-electron chi connectivity index (χ3n) is 5.15. The standard InChI is InChI=1S/C21H21FN4OS/c1-21(8-10-28-20(23)25-21)16-12-15(4-5-17(16)22)24-19(27)14-3-6-18-13(11-14)7-9-26(18)2/h3-7,9,11-12H,8,10H2,1-2H3,(H2,23,25)(H,24,27). The molecule has 1 unspecified atom stereocenters. The minimum Gasteiger partial charge on any atom is -0.379 e. The molecular formula is C21H21FN4OS. The predicted molar refractivity (Wildman–Crippen MR) is 113 cm³/mol. The molecule has 5 nitrogen and oxygen atoms in total. The maximum atomic E-state index is 14.5. The second-order valence-corrected chi connectivity index (χ2v) is 8.29. The molecule has 1 atom stereocenters. The van der Waals surface area contributed by atoms with Crippen molar-refractivity contribution in [2.24, 2.45) is 17.8 Å². The zero-order chi connectivity index (χ0) is 19.9. The molecule has 0 saturated carbocycles. The van der Waals surface area contributed by atoms with Gasteiger partial charge in [-0.2, -0.15) is 0 Å². The summed E-state index contributed by atoms with van der Waals surface area (Å²) in [7, 11) is 1.96. The Kier molecular flexibility index (Phi) is 4.63. The molecule has 1 aliphatic rings. The van der Waals surface area contributed by atoms with Crippen LogP contribution in [-0.4, -0.2) is 21.4 Å². The van der Waals surface area contributed by atoms with Crippen LogP contribution in [0.2, 0.25) is 0 Å². The Labute approximate surface area is 166 Å². The fourth-order valence-electron chi connectivity index (χ4n) is 3.52. The number of nitrogens with one attached hydrogen (secondary N) is 1. The molecule has 3 aromatic rings. The third-order valence-corrected chi connectivity index (χ3v) is 5.94. The van der Waals surface area contributed by atoms with Gasteiger partial charge in [0.1, 0.15) is 5.82 Å². The van der Waals surface area contributed by atoms with Crippen LogP contribution in [0.15, 0.2) is 53.7 Å². The van der Waals surface area contributed by atoms with Crippen molar-refractivity contribution in [1.82, 2.24) is 4.57 Å². The first-order chi connectivity index (χ1) is 13.4. The van der Waals surface area contributed by atoms with Crippen LogP contribution in [0.3, 0.4) is 0 Å². The Hall–Kier alpha value is -2.80. The van der Waals surface area contributed by atoms with Crippen LogP contribution in [0, 0.1) is 5.82 Å². The van der Waals surface area contributed by atoms with Gasteiger partial charge in [-0.1, -0.05) is 11.8 Å². The lowest BCUT2D eigenvalue weighted by Crippen LogP contribution is -2.29. The van der Waals surface area contributed by atoms with Gasteiger partial charge in [0, 0.05) is 46.7 Å². The van der Waals surface area contributed by atoms with E-state index < -0.39 is 5.54 Å². The van der Waals surface area contributed by atoms with Crippen LogP contribution in [-0.2, 0) is 12.6 Å². The van der Waals surface area contributed by atoms with E-state index in [-0.39, 0.29) is 11.7 Å². The van der Waals surface area contributed by atoms with Crippen molar-refractivity contribution in [3.63, 3.8) is 0 Å². The molecule has 2 heterocycles. The molecule has 3 N–H and O–H groups in total. The number of anilines is 1. The smallest absolute Gasteiger partial charge is 0.255 e. The number of aryl methyl sites for hydroxylation is 1. The first-order valence-corrected chi connectivity index (χ1v) is 9.99. The SMILES string of the molecule is Cn1ccc2cc(C(=O)Nc3ccc(F)c(C4(C)CCSC(N)=N4)c3)ccc21. The first kappa shape index (κ1) is 18.6. The summed E-state index contributed by atoms with van der Waals surface area (Å²) >= 11 is 1.47. The highest BCUT2D eigenvalue weighted by atomic mass is 32.2. The molecule has 1 aliphatic heterocycles. The maximum absolute atomic E-state index is 14.5. The number of fused-ring (bicyclic) bond motifs is 1. The summed E-state index contributed by atoms with van der Waals surface area (Å²) in [5.74, 6) is 0.184. The van der Waals surface area contributed by atoms with Crippen molar-refractivity contribution >= 4 is 39.4 Å². The Morgan fingerprint density at radius 1 is 1.29 bits per heavy atom. The number of amidine groups is 1. The summed E-state index contributed by atoms with van der Waals surface area (Å²) in [6.07, 6.45) is 2.63. The molecule has 0 aliphatic carbocycles. The van der Waals surface area contributed by atoms with Crippen LogP contribution in [0.25, 0.3) is 10.9 Å². The second kappa shape index (κ2) is 6.98. The fraction of sp³-hybridized carbons (Fsp3) is 0.238. The van der Waals surface area contributed by atoms with Gasteiger partial charge in [0.15, 0.2) is 5.17 Å². The van der Waals surface area contributed by atoms with E-state index in [1.54, 1.807) is 18.2 Å². The molecular weight excluding hydrogens is 375 g/mol. The van der Waals surface area contributed by atoms with Crippen LogP contribution in [0.1, 0.15) is 29.3 Å². The lowest BCUT2D eigenvalue weighted by molar-refractivity contribution is 0.102. The number of nitrogens with two attached hydrogens (primary N) is 1. The van der Waals surface area contributed by atoms with Gasteiger partial charge >= 0.3 is 0 Å². The van der Waals surface area contributed by atoms with Crippen LogP contribution < -0.4 is 11.1 Å². The molecule has 4 rings (SSSR count). The predicted octanol–water partition coefficient (Wildman–Crippen LogP) is 4.24. The zero-order valence-electron chi connectivity index (χ0n) is 15.7. The quantitative estimate of drug-likeness (QED) is 0.696. The van der Waals surface area contributed by atoms with E-state index in [1.165, 1.54) is 17.8 Å². The van der Waals surface area contributed by atoms with Crippen LogP contribution in [0.4, 0.5) is 10.1 Å². The lowest BCUT2D eigenvalue weighted by Gasteiger charge is -2.30. The molecule has 144 valence electrons. The summed E-state index contributed by atoms with van der Waals surface area (Å²) in [4.78, 5) is 17.2. The Morgan fingerprint density at radius 3 is 2.89 bits per heavy atom. The summed E-state index contributed by atoms with van der Waals surface area (Å²) in [5.41, 5.74) is 7.70. The molecule has 1 amide bonds. The normalized spacial score (nSPS) is 19.5. The molecule has 0 bridgehead atoms. The largest absolute Gasteiger partial charge is 0.379 e. The van der Waals surface area contributed by atoms with Crippen molar-refractivity contribution in [2.75, 3.05) is 11.1 Å². The molecule has 0 radical (unpaired) electrons. The first-order valence-electron chi connectivity index (χ1n) is 9.00. The van der Waals surface area contributed by atoms with Gasteiger partial charge < -0.3 is 15.6 Å². The van der Waals surface area contributed by atoms with Gasteiger partial charge in [-0.15, -0.1) is 0 Å². The van der Waals surface area contributed by atoms with E-state index in [2.05, 4.69) is 10.3 Å². The number of carbonyl (C=O) groups excluding carboxylic acids is 1. The van der Waals surface area contributed by atoms with Gasteiger partial charge in [0.2, 0.25) is 0 Å². The van der Waals surface area contributed by atoms with Gasteiger partial charge in [-0.05, 0) is 55.8 Å². The molecule has 0 fully saturated rings. The summed E-state index contributed by atoms with van der Waals surface area (Å²) < 4.78 is 16.5. The Balaban J connectivity index is 1.62. The number of hydrogen-bond acceptors (Lipinski definition) is 4. The Bertz CT molecular complexity index is 1110. The van der Waals surface area contributed by atoms with E-state index in [4.69, 9.17) is 5.73 Å². The van der Waals surface area contributed by atoms with E-state index >= 15 is 0 Å². The van der Waals surface area contributed by atoms with E-state index in [0.29, 0.717) is 28.4 Å². The van der Waals surface area contributed by atoms with Crippen molar-refractivity contribution in [2.45, 2.75) is 18.9 Å². The number of carbonyl (C=O) groups is 1. The molecule has 1 aromatic heterocycles. The molecule has 28 heavy (non-hydrogen) atoms. The molecule has 2 aromatic carbocycles. The van der Waals surface area contributed by atoms with Crippen molar-refractivity contribution in [1.29, 1.82) is 0 Å². The summed E-state index contributed by atoms with van der Waals surface area (Å²) in [6.45, 7) is 1.87. The van der Waals surface area contributed by atoms with Gasteiger partial charge in [0.25, 0.3) is 5.91 Å². The highest BCUT2D eigenvalue weighted by Gasteiger charge is 2.32. The van der Waals surface area contributed by atoms with E-state index in [1.807, 2.05) is 42.9 Å². The molecule has 7 heteroatoms. The van der Waals surface area contributed by atoms with Crippen molar-refractivity contribution in [3.05, 3.63) is 65.6 Å². The number of hydrogen-bond donors (Lipinski definition) is 2. The topological polar surface area (TPSA) is 72.4 Å². The average molecular weight is 396 g/mol. The van der Waals surface area contributed by atoms with E-state index in [0.717, 1.165) is 16.7 Å². The number of benzene rings is 2. The highest BCUT2D eigenvalue weighted by molar-refractivity contribution is 8.13. The minimum atomic E-state index is -0.733. The number of thioether (sulfide) groups is 1. The zero-order valence-corrected chi connectivity index (χ0v) is 16.5. The highest BCUT2D eigenvalue weighted by Crippen LogP contribution is 2.37. The fourth-order valence-corrected chi connectivity index (χ4v) is 4.50. The summed E-state index contributed by atoms with van der Waals surface area (Å²) in [5, 5.41) is 4.32. The number of nitrogens with zero attached hydrogens (tertiary/aromatic N) is 2. The number of rotatable bonds is 3. The van der Waals surface area contributed by atoms with Crippen molar-refractivity contribution in [3.8, 4) is 0 Å². The maximum Gasteiger partial charge on any atom is 0.255 e. The number of amides is 1. The minimum absolute atomic E-state index is 0.240. The van der Waals surface area contributed by atoms with Crippen LogP contribution in [0.5, 0.6) is 0 Å². The van der Waals surface area contributed by atoms with Crippen molar-refractivity contribution < 1.29 is 9.18 Å². The van der Waals surface area contributed by atoms with Gasteiger partial charge in [0.05, 0.1) is 5.54 Å². The number of halogens is 1. The second-order valence-electron chi connectivity index (χ2n) is 7.17. The average Bonchev–Trinajstić information content (AvgIpc) is 3.03. The van der Waals surface area contributed by atoms with Gasteiger partial charge in [-0.25, -0.2) is 4.39 Å². The molecule has 0 spiro atoms.